The molecule has 0 aliphatic carbocycles. The van der Waals surface area contributed by atoms with Gasteiger partial charge in [-0.25, -0.2) is 9.78 Å². The zero-order valence-electron chi connectivity index (χ0n) is 18.9. The molecule has 9 nitrogen and oxygen atoms in total. The maximum atomic E-state index is 12.9. The van der Waals surface area contributed by atoms with Crippen molar-refractivity contribution in [3.8, 4) is 0 Å². The quantitative estimate of drug-likeness (QED) is 0.450. The van der Waals surface area contributed by atoms with Crippen LogP contribution in [-0.4, -0.2) is 25.9 Å². The van der Waals surface area contributed by atoms with Gasteiger partial charge in [-0.15, -0.1) is 0 Å². The van der Waals surface area contributed by atoms with Gasteiger partial charge in [-0.2, -0.15) is 13.2 Å². The fourth-order valence-corrected chi connectivity index (χ4v) is 3.51. The van der Waals surface area contributed by atoms with Gasteiger partial charge in [-0.1, -0.05) is 12.1 Å². The van der Waals surface area contributed by atoms with Crippen molar-refractivity contribution in [2.24, 2.45) is 14.1 Å². The minimum atomic E-state index is -4.55. The normalized spacial score (nSPS) is 11.4. The van der Waals surface area contributed by atoms with Gasteiger partial charge in [-0.3, -0.25) is 23.5 Å². The zero-order valence-corrected chi connectivity index (χ0v) is 18.9. The highest BCUT2D eigenvalue weighted by Crippen LogP contribution is 2.30. The number of hydrogen-bond acceptors (Lipinski definition) is 5. The van der Waals surface area contributed by atoms with E-state index >= 15 is 0 Å². The predicted molar refractivity (Wildman–Crippen MR) is 126 cm³/mol. The van der Waals surface area contributed by atoms with Crippen molar-refractivity contribution in [2.45, 2.75) is 6.18 Å². The minimum absolute atomic E-state index is 0.0390. The molecule has 0 saturated heterocycles. The first-order chi connectivity index (χ1) is 17.0. The van der Waals surface area contributed by atoms with Gasteiger partial charge in [-0.05, 0) is 42.5 Å². The van der Waals surface area contributed by atoms with Gasteiger partial charge in [0.25, 0.3) is 17.4 Å². The molecule has 2 heterocycles. The van der Waals surface area contributed by atoms with E-state index in [2.05, 4.69) is 15.6 Å². The highest BCUT2D eigenvalue weighted by molar-refractivity contribution is 6.08. The minimum Gasteiger partial charge on any atom is -0.322 e. The molecule has 4 rings (SSSR count). The number of hydrogen-bond donors (Lipinski definition) is 2. The van der Waals surface area contributed by atoms with Gasteiger partial charge in [0, 0.05) is 37.2 Å². The molecule has 0 aliphatic heterocycles. The largest absolute Gasteiger partial charge is 0.416 e. The van der Waals surface area contributed by atoms with E-state index in [4.69, 9.17) is 0 Å². The number of aromatic nitrogens is 3. The van der Waals surface area contributed by atoms with Crippen LogP contribution in [0.15, 0.2) is 70.4 Å². The number of anilines is 2. The van der Waals surface area contributed by atoms with Gasteiger partial charge < -0.3 is 10.6 Å². The molecule has 2 N–H and O–H groups in total. The molecular formula is C24H18F3N5O4. The average Bonchev–Trinajstić information content (AvgIpc) is 2.85. The maximum Gasteiger partial charge on any atom is 0.416 e. The van der Waals surface area contributed by atoms with Crippen molar-refractivity contribution in [1.29, 1.82) is 0 Å². The van der Waals surface area contributed by atoms with E-state index in [0.717, 1.165) is 16.7 Å². The van der Waals surface area contributed by atoms with Crippen LogP contribution in [0.1, 0.15) is 26.3 Å². The van der Waals surface area contributed by atoms with Crippen molar-refractivity contribution in [3.63, 3.8) is 0 Å². The summed E-state index contributed by atoms with van der Waals surface area (Å²) in [6, 6.07) is 11.3. The summed E-state index contributed by atoms with van der Waals surface area (Å²) in [5, 5.41) is 5.05. The smallest absolute Gasteiger partial charge is 0.322 e. The highest BCUT2D eigenvalue weighted by atomic mass is 19.4. The molecule has 36 heavy (non-hydrogen) atoms. The Morgan fingerprint density at radius 1 is 0.833 bits per heavy atom. The number of benzene rings is 2. The van der Waals surface area contributed by atoms with Crippen molar-refractivity contribution < 1.29 is 22.8 Å². The van der Waals surface area contributed by atoms with Crippen LogP contribution in [0.25, 0.3) is 11.0 Å². The van der Waals surface area contributed by atoms with E-state index in [1.54, 1.807) is 0 Å². The number of aryl methyl sites for hydroxylation is 1. The summed E-state index contributed by atoms with van der Waals surface area (Å²) in [7, 11) is 2.76. The number of fused-ring (bicyclic) bond motifs is 1. The van der Waals surface area contributed by atoms with Crippen LogP contribution >= 0.6 is 0 Å². The predicted octanol–water partition coefficient (Wildman–Crippen LogP) is 3.16. The van der Waals surface area contributed by atoms with Gasteiger partial charge >= 0.3 is 11.9 Å². The highest BCUT2D eigenvalue weighted by Gasteiger charge is 2.30. The van der Waals surface area contributed by atoms with Crippen molar-refractivity contribution in [1.82, 2.24) is 14.1 Å². The lowest BCUT2D eigenvalue weighted by Gasteiger charge is -2.11. The molecule has 0 radical (unpaired) electrons. The molecule has 2 aromatic heterocycles. The molecule has 4 aromatic rings. The van der Waals surface area contributed by atoms with Gasteiger partial charge in [0.05, 0.1) is 16.5 Å². The van der Waals surface area contributed by atoms with Gasteiger partial charge in [0.15, 0.2) is 0 Å². The summed E-state index contributed by atoms with van der Waals surface area (Å²) in [5.41, 5.74) is -1.63. The number of alkyl halides is 3. The lowest BCUT2D eigenvalue weighted by molar-refractivity contribution is -0.137. The molecule has 0 atom stereocenters. The van der Waals surface area contributed by atoms with Crippen molar-refractivity contribution >= 4 is 34.2 Å². The molecule has 0 fully saturated rings. The number of nitrogens with zero attached hydrogens (tertiary/aromatic N) is 3. The zero-order chi connectivity index (χ0) is 26.2. The molecule has 12 heteroatoms. The summed E-state index contributed by atoms with van der Waals surface area (Å²) in [6.45, 7) is 0. The molecule has 2 amide bonds. The second kappa shape index (κ2) is 9.13. The molecule has 0 spiro atoms. The molecule has 2 aromatic carbocycles. The third kappa shape index (κ3) is 4.73. The second-order valence-electron chi connectivity index (χ2n) is 7.87. The molecule has 0 bridgehead atoms. The number of amides is 2. The summed E-state index contributed by atoms with van der Waals surface area (Å²) < 4.78 is 40.8. The Hall–Kier alpha value is -4.74. The van der Waals surface area contributed by atoms with E-state index in [0.29, 0.717) is 0 Å². The molecular weight excluding hydrogens is 479 g/mol. The number of rotatable bonds is 4. The average molecular weight is 497 g/mol. The Morgan fingerprint density at radius 3 is 2.11 bits per heavy atom. The van der Waals surface area contributed by atoms with Crippen LogP contribution in [0.3, 0.4) is 0 Å². The topological polar surface area (TPSA) is 115 Å². The first kappa shape index (κ1) is 24.4. The first-order valence-electron chi connectivity index (χ1n) is 10.4. The molecule has 0 saturated carbocycles. The summed E-state index contributed by atoms with van der Waals surface area (Å²) in [4.78, 5) is 53.9. The first-order valence-corrected chi connectivity index (χ1v) is 10.4. The third-order valence-electron chi connectivity index (χ3n) is 5.39. The lowest BCUT2D eigenvalue weighted by atomic mass is 10.1. The Kier molecular flexibility index (Phi) is 6.19. The van der Waals surface area contributed by atoms with E-state index in [-0.39, 0.29) is 33.5 Å². The Bertz CT molecular complexity index is 1640. The third-order valence-corrected chi connectivity index (χ3v) is 5.39. The van der Waals surface area contributed by atoms with Crippen LogP contribution < -0.4 is 21.9 Å². The summed E-state index contributed by atoms with van der Waals surface area (Å²) in [5.74, 6) is -1.31. The van der Waals surface area contributed by atoms with Crippen LogP contribution in [0.4, 0.5) is 24.5 Å². The Morgan fingerprint density at radius 2 is 1.44 bits per heavy atom. The van der Waals surface area contributed by atoms with E-state index in [1.165, 1.54) is 67.3 Å². The van der Waals surface area contributed by atoms with Gasteiger partial charge in [0.2, 0.25) is 0 Å². The fraction of sp³-hybridized carbons (Fsp3) is 0.125. The molecule has 184 valence electrons. The van der Waals surface area contributed by atoms with Crippen LogP contribution in [0, 0.1) is 0 Å². The number of pyridine rings is 1. The fourth-order valence-electron chi connectivity index (χ4n) is 3.51. The second-order valence-corrected chi connectivity index (χ2v) is 7.87. The van der Waals surface area contributed by atoms with E-state index in [9.17, 15) is 32.3 Å². The van der Waals surface area contributed by atoms with Crippen LogP contribution in [0.2, 0.25) is 0 Å². The summed E-state index contributed by atoms with van der Waals surface area (Å²) in [6.07, 6.45) is -3.35. The number of halogens is 3. The number of carbonyl (C=O) groups is 2. The Balaban J connectivity index is 1.55. The number of nitrogens with one attached hydrogen (secondary N) is 2. The lowest BCUT2D eigenvalue weighted by Crippen LogP contribution is -2.37. The monoisotopic (exact) mass is 497 g/mol. The summed E-state index contributed by atoms with van der Waals surface area (Å²) >= 11 is 0. The van der Waals surface area contributed by atoms with Crippen LogP contribution in [0.5, 0.6) is 0 Å². The Labute approximate surface area is 200 Å². The van der Waals surface area contributed by atoms with E-state index < -0.39 is 34.8 Å². The van der Waals surface area contributed by atoms with Crippen molar-refractivity contribution in [3.05, 3.63) is 98.3 Å². The van der Waals surface area contributed by atoms with Gasteiger partial charge in [0.1, 0.15) is 5.65 Å². The standard InChI is InChI=1S/C24H18F3N5O4/c1-31-19-18(22(35)32(2)23(31)36)10-14(12-28-19)21(34)29-16-7-3-5-13(9-16)20(33)30-17-8-4-6-15(11-17)24(25,26)27/h3-12H,1-2H3,(H,29,34)(H,30,33). The maximum absolute atomic E-state index is 12.9. The SMILES string of the molecule is Cn1c(=O)c2cc(C(=O)Nc3cccc(C(=O)Nc4cccc(C(F)(F)F)c4)c3)cnc2n(C)c1=O. The molecule has 0 unspecified atom stereocenters. The molecule has 0 aliphatic rings. The number of carbonyl (C=O) groups excluding carboxylic acids is 2. The van der Waals surface area contributed by atoms with Crippen molar-refractivity contribution in [2.75, 3.05) is 10.6 Å². The van der Waals surface area contributed by atoms with Crippen LogP contribution in [-0.2, 0) is 20.3 Å². The van der Waals surface area contributed by atoms with E-state index in [1.807, 2.05) is 0 Å².